The molecule has 2 heterocycles. The third kappa shape index (κ3) is 3.84. The summed E-state index contributed by atoms with van der Waals surface area (Å²) in [6.07, 6.45) is 3.16. The highest BCUT2D eigenvalue weighted by molar-refractivity contribution is 6.36. The quantitative estimate of drug-likeness (QED) is 0.216. The second-order valence-electron chi connectivity index (χ2n) is 9.59. The van der Waals surface area contributed by atoms with Gasteiger partial charge in [0.15, 0.2) is 0 Å². The summed E-state index contributed by atoms with van der Waals surface area (Å²) in [4.78, 5) is 34.5. The van der Waals surface area contributed by atoms with E-state index in [1.54, 1.807) is 30.6 Å². The smallest absolute Gasteiger partial charge is 0.265 e. The van der Waals surface area contributed by atoms with E-state index in [1.807, 2.05) is 60.7 Å². The van der Waals surface area contributed by atoms with Crippen LogP contribution in [0.2, 0.25) is 0 Å². The molecule has 1 aliphatic rings. The summed E-state index contributed by atoms with van der Waals surface area (Å²) >= 11 is 0. The number of carbonyl (C=O) groups is 2. The average molecular weight is 518 g/mol. The molecule has 0 unspecified atom stereocenters. The molecule has 7 rings (SSSR count). The van der Waals surface area contributed by atoms with Crippen molar-refractivity contribution in [1.82, 2.24) is 4.98 Å². The van der Waals surface area contributed by atoms with E-state index in [1.165, 1.54) is 4.90 Å². The van der Waals surface area contributed by atoms with E-state index in [2.05, 4.69) is 58.4 Å². The SMILES string of the molecule is O=C1c2cccc3c(-c4ccc(N(c5ccccc5)c5ccccc5)cc4)ccc(c23)C(=O)N1c1ccncc1. The second kappa shape index (κ2) is 9.64. The molecule has 0 N–H and O–H groups in total. The summed E-state index contributed by atoms with van der Waals surface area (Å²) in [5, 5.41) is 1.57. The minimum atomic E-state index is -0.330. The fraction of sp³-hybridized carbons (Fsp3) is 0. The number of rotatable bonds is 5. The number of nitrogens with zero attached hydrogens (tertiary/aromatic N) is 3. The van der Waals surface area contributed by atoms with Crippen molar-refractivity contribution in [1.29, 1.82) is 0 Å². The maximum Gasteiger partial charge on any atom is 0.265 e. The zero-order valence-corrected chi connectivity index (χ0v) is 21.4. The summed E-state index contributed by atoms with van der Waals surface area (Å²) in [7, 11) is 0. The summed E-state index contributed by atoms with van der Waals surface area (Å²) in [5.41, 5.74) is 6.68. The molecule has 0 atom stereocenters. The van der Waals surface area contributed by atoms with Gasteiger partial charge in [-0.1, -0.05) is 66.7 Å². The fourth-order valence-electron chi connectivity index (χ4n) is 5.47. The summed E-state index contributed by atoms with van der Waals surface area (Å²) in [6, 6.07) is 41.7. The number of pyridine rings is 1. The summed E-state index contributed by atoms with van der Waals surface area (Å²) in [6.45, 7) is 0. The molecule has 6 aromatic rings. The van der Waals surface area contributed by atoms with E-state index >= 15 is 0 Å². The molecule has 40 heavy (non-hydrogen) atoms. The van der Waals surface area contributed by atoms with Crippen LogP contribution in [0.25, 0.3) is 21.9 Å². The van der Waals surface area contributed by atoms with E-state index < -0.39 is 0 Å². The molecule has 0 spiro atoms. The summed E-state index contributed by atoms with van der Waals surface area (Å²) < 4.78 is 0. The molecule has 5 nitrogen and oxygen atoms in total. The number of hydrogen-bond acceptors (Lipinski definition) is 4. The number of hydrogen-bond donors (Lipinski definition) is 0. The number of benzene rings is 5. The van der Waals surface area contributed by atoms with E-state index in [-0.39, 0.29) is 11.8 Å². The molecule has 0 fully saturated rings. The van der Waals surface area contributed by atoms with Gasteiger partial charge in [0.25, 0.3) is 11.8 Å². The van der Waals surface area contributed by atoms with Crippen LogP contribution >= 0.6 is 0 Å². The van der Waals surface area contributed by atoms with Gasteiger partial charge in [-0.25, -0.2) is 4.90 Å². The first-order chi connectivity index (χ1) is 19.7. The normalized spacial score (nSPS) is 12.6. The van der Waals surface area contributed by atoms with Crippen molar-refractivity contribution in [3.63, 3.8) is 0 Å². The highest BCUT2D eigenvalue weighted by atomic mass is 16.2. The standard InChI is InChI=1S/C35H23N3O2/c39-34-31-13-7-12-30-29(18-19-32(33(30)31)35(40)38(34)28-20-22-36-23-21-28)24-14-16-27(17-15-24)37(25-8-3-1-4-9-25)26-10-5-2-6-11-26/h1-23H. The van der Waals surface area contributed by atoms with Crippen LogP contribution in [0.15, 0.2) is 140 Å². The van der Waals surface area contributed by atoms with Gasteiger partial charge in [0.2, 0.25) is 0 Å². The Balaban J connectivity index is 1.31. The Morgan fingerprint density at radius 3 is 1.68 bits per heavy atom. The Morgan fingerprint density at radius 2 is 1.05 bits per heavy atom. The molecule has 0 saturated heterocycles. The van der Waals surface area contributed by atoms with Crippen molar-refractivity contribution >= 4 is 45.3 Å². The van der Waals surface area contributed by atoms with Gasteiger partial charge < -0.3 is 4.90 Å². The van der Waals surface area contributed by atoms with Crippen molar-refractivity contribution in [2.24, 2.45) is 0 Å². The molecule has 5 aromatic carbocycles. The molecule has 0 aliphatic carbocycles. The Labute approximate surface area is 231 Å². The van der Waals surface area contributed by atoms with Crippen molar-refractivity contribution in [3.8, 4) is 11.1 Å². The lowest BCUT2D eigenvalue weighted by Gasteiger charge is -2.28. The van der Waals surface area contributed by atoms with E-state index in [0.29, 0.717) is 22.2 Å². The van der Waals surface area contributed by atoms with Crippen LogP contribution in [0.3, 0.4) is 0 Å². The Morgan fingerprint density at radius 1 is 0.500 bits per heavy atom. The molecule has 0 saturated carbocycles. The minimum Gasteiger partial charge on any atom is -0.311 e. The fourth-order valence-corrected chi connectivity index (χ4v) is 5.47. The Hall–Kier alpha value is -5.55. The first-order valence-electron chi connectivity index (χ1n) is 13.1. The van der Waals surface area contributed by atoms with Gasteiger partial charge in [-0.05, 0) is 77.2 Å². The molecular weight excluding hydrogens is 494 g/mol. The largest absolute Gasteiger partial charge is 0.311 e. The van der Waals surface area contributed by atoms with Gasteiger partial charge in [-0.15, -0.1) is 0 Å². The summed E-state index contributed by atoms with van der Waals surface area (Å²) in [5.74, 6) is -0.661. The van der Waals surface area contributed by atoms with Crippen molar-refractivity contribution in [2.75, 3.05) is 9.80 Å². The highest BCUT2D eigenvalue weighted by Crippen LogP contribution is 2.39. The van der Waals surface area contributed by atoms with Crippen LogP contribution in [-0.4, -0.2) is 16.8 Å². The molecule has 0 radical (unpaired) electrons. The topological polar surface area (TPSA) is 53.5 Å². The van der Waals surface area contributed by atoms with Gasteiger partial charge in [0.1, 0.15) is 0 Å². The third-order valence-corrected chi connectivity index (χ3v) is 7.29. The maximum atomic E-state index is 13.5. The predicted octanol–water partition coefficient (Wildman–Crippen LogP) is 8.17. The lowest BCUT2D eigenvalue weighted by Crippen LogP contribution is -2.40. The number of amides is 2. The molecule has 5 heteroatoms. The van der Waals surface area contributed by atoms with Crippen LogP contribution in [0.5, 0.6) is 0 Å². The van der Waals surface area contributed by atoms with Crippen LogP contribution < -0.4 is 9.80 Å². The monoisotopic (exact) mass is 517 g/mol. The molecular formula is C35H23N3O2. The molecule has 1 aromatic heterocycles. The van der Waals surface area contributed by atoms with Gasteiger partial charge in [-0.3, -0.25) is 14.6 Å². The van der Waals surface area contributed by atoms with E-state index in [4.69, 9.17) is 0 Å². The second-order valence-corrected chi connectivity index (χ2v) is 9.59. The van der Waals surface area contributed by atoms with Gasteiger partial charge in [0.05, 0.1) is 5.69 Å². The number of carbonyl (C=O) groups excluding carboxylic acids is 2. The number of imide groups is 1. The molecule has 0 bridgehead atoms. The van der Waals surface area contributed by atoms with Gasteiger partial charge in [0, 0.05) is 46.0 Å². The molecule has 1 aliphatic heterocycles. The molecule has 2 amide bonds. The Bertz CT molecular complexity index is 1810. The van der Waals surface area contributed by atoms with Crippen LogP contribution in [-0.2, 0) is 0 Å². The third-order valence-electron chi connectivity index (χ3n) is 7.29. The first kappa shape index (κ1) is 23.6. The van der Waals surface area contributed by atoms with Gasteiger partial charge >= 0.3 is 0 Å². The zero-order chi connectivity index (χ0) is 27.1. The van der Waals surface area contributed by atoms with Gasteiger partial charge in [-0.2, -0.15) is 0 Å². The first-order valence-corrected chi connectivity index (χ1v) is 13.1. The average Bonchev–Trinajstić information content (AvgIpc) is 3.02. The minimum absolute atomic E-state index is 0.330. The predicted molar refractivity (Wildman–Crippen MR) is 159 cm³/mol. The Kier molecular flexibility index (Phi) is 5.68. The van der Waals surface area contributed by atoms with E-state index in [9.17, 15) is 9.59 Å². The van der Waals surface area contributed by atoms with Crippen molar-refractivity contribution in [3.05, 3.63) is 151 Å². The molecule has 190 valence electrons. The van der Waals surface area contributed by atoms with Crippen LogP contribution in [0.4, 0.5) is 22.7 Å². The van der Waals surface area contributed by atoms with Crippen molar-refractivity contribution < 1.29 is 9.59 Å². The highest BCUT2D eigenvalue weighted by Gasteiger charge is 2.34. The lowest BCUT2D eigenvalue weighted by molar-refractivity contribution is 0.0893. The van der Waals surface area contributed by atoms with Crippen molar-refractivity contribution in [2.45, 2.75) is 0 Å². The lowest BCUT2D eigenvalue weighted by atomic mass is 9.89. The number of para-hydroxylation sites is 2. The number of anilines is 4. The van der Waals surface area contributed by atoms with Crippen LogP contribution in [0, 0.1) is 0 Å². The van der Waals surface area contributed by atoms with E-state index in [0.717, 1.165) is 33.6 Å². The zero-order valence-electron chi connectivity index (χ0n) is 21.4. The van der Waals surface area contributed by atoms with Crippen LogP contribution in [0.1, 0.15) is 20.7 Å². The number of aromatic nitrogens is 1. The maximum absolute atomic E-state index is 13.5.